The number of amides is 1. The highest BCUT2D eigenvalue weighted by Crippen LogP contribution is 2.32. The number of nitrogens with zero attached hydrogens (tertiary/aromatic N) is 1. The average Bonchev–Trinajstić information content (AvgIpc) is 3.19. The summed E-state index contributed by atoms with van der Waals surface area (Å²) in [7, 11) is -2.53. The fourth-order valence-electron chi connectivity index (χ4n) is 3.19. The SMILES string of the molecule is COc1ccc(NC(=O)C2CCCN2S(=O)(=O)c2ccccc2)cc1OC(F)F. The van der Waals surface area contributed by atoms with Crippen molar-refractivity contribution in [2.24, 2.45) is 0 Å². The maximum Gasteiger partial charge on any atom is 0.387 e. The van der Waals surface area contributed by atoms with Gasteiger partial charge in [0.05, 0.1) is 12.0 Å². The number of anilines is 1. The average molecular weight is 426 g/mol. The number of methoxy groups -OCH3 is 1. The molecule has 1 aliphatic heterocycles. The molecule has 1 unspecified atom stereocenters. The maximum atomic E-state index is 12.9. The summed E-state index contributed by atoms with van der Waals surface area (Å²) < 4.78 is 61.5. The molecule has 2 aromatic carbocycles. The molecule has 1 atom stereocenters. The van der Waals surface area contributed by atoms with Crippen LogP contribution in [0.5, 0.6) is 11.5 Å². The highest BCUT2D eigenvalue weighted by molar-refractivity contribution is 7.89. The van der Waals surface area contributed by atoms with Crippen molar-refractivity contribution in [3.05, 3.63) is 48.5 Å². The van der Waals surface area contributed by atoms with Crippen LogP contribution >= 0.6 is 0 Å². The number of benzene rings is 2. The van der Waals surface area contributed by atoms with Crippen LogP contribution in [-0.4, -0.2) is 44.9 Å². The minimum absolute atomic E-state index is 0.0810. The number of carbonyl (C=O) groups is 1. The Morgan fingerprint density at radius 2 is 1.90 bits per heavy atom. The van der Waals surface area contributed by atoms with Gasteiger partial charge in [-0.2, -0.15) is 13.1 Å². The molecule has 3 rings (SSSR count). The second-order valence-corrected chi connectivity index (χ2v) is 8.21. The minimum Gasteiger partial charge on any atom is -0.493 e. The van der Waals surface area contributed by atoms with Gasteiger partial charge < -0.3 is 14.8 Å². The van der Waals surface area contributed by atoms with E-state index in [0.29, 0.717) is 12.8 Å². The van der Waals surface area contributed by atoms with E-state index in [9.17, 15) is 22.0 Å². The lowest BCUT2D eigenvalue weighted by molar-refractivity contribution is -0.119. The summed E-state index contributed by atoms with van der Waals surface area (Å²) in [5, 5.41) is 2.58. The van der Waals surface area contributed by atoms with Gasteiger partial charge >= 0.3 is 6.61 Å². The summed E-state index contributed by atoms with van der Waals surface area (Å²) in [6.45, 7) is -2.84. The lowest BCUT2D eigenvalue weighted by atomic mass is 10.2. The van der Waals surface area contributed by atoms with Gasteiger partial charge in [0.15, 0.2) is 11.5 Å². The van der Waals surface area contributed by atoms with Crippen LogP contribution in [0.3, 0.4) is 0 Å². The zero-order valence-electron chi connectivity index (χ0n) is 15.5. The van der Waals surface area contributed by atoms with Crippen molar-refractivity contribution >= 4 is 21.6 Å². The molecule has 1 N–H and O–H groups in total. The molecule has 0 aliphatic carbocycles. The second-order valence-electron chi connectivity index (χ2n) is 6.32. The molecule has 0 saturated carbocycles. The van der Waals surface area contributed by atoms with Crippen LogP contribution in [0.25, 0.3) is 0 Å². The lowest BCUT2D eigenvalue weighted by Crippen LogP contribution is -2.43. The molecule has 10 heteroatoms. The fraction of sp³-hybridized carbons (Fsp3) is 0.316. The highest BCUT2D eigenvalue weighted by Gasteiger charge is 2.39. The Kier molecular flexibility index (Phi) is 6.33. The van der Waals surface area contributed by atoms with E-state index < -0.39 is 28.6 Å². The predicted octanol–water partition coefficient (Wildman–Crippen LogP) is 3.09. The topological polar surface area (TPSA) is 84.9 Å². The Labute approximate surface area is 167 Å². The van der Waals surface area contributed by atoms with Gasteiger partial charge in [-0.3, -0.25) is 4.79 Å². The van der Waals surface area contributed by atoms with E-state index >= 15 is 0 Å². The van der Waals surface area contributed by atoms with Crippen molar-refractivity contribution in [3.63, 3.8) is 0 Å². The number of hydrogen-bond acceptors (Lipinski definition) is 5. The fourth-order valence-corrected chi connectivity index (χ4v) is 4.86. The first-order chi connectivity index (χ1) is 13.8. The summed E-state index contributed by atoms with van der Waals surface area (Å²) in [5.74, 6) is -0.701. The molecule has 0 spiro atoms. The molecule has 1 aliphatic rings. The maximum absolute atomic E-state index is 12.9. The Morgan fingerprint density at radius 1 is 1.17 bits per heavy atom. The first-order valence-corrected chi connectivity index (χ1v) is 10.3. The van der Waals surface area contributed by atoms with E-state index in [0.717, 1.165) is 4.31 Å². The molecule has 1 amide bonds. The van der Waals surface area contributed by atoms with Gasteiger partial charge in [0, 0.05) is 18.3 Å². The van der Waals surface area contributed by atoms with Gasteiger partial charge in [0.25, 0.3) is 0 Å². The van der Waals surface area contributed by atoms with Crippen LogP contribution in [0.2, 0.25) is 0 Å². The Hall–Kier alpha value is -2.72. The zero-order chi connectivity index (χ0) is 21.0. The number of alkyl halides is 2. The minimum atomic E-state index is -3.83. The first kappa shape index (κ1) is 21.0. The summed E-state index contributed by atoms with van der Waals surface area (Å²) in [5.41, 5.74) is 0.190. The summed E-state index contributed by atoms with van der Waals surface area (Å²) in [6, 6.07) is 11.0. The Bertz CT molecular complexity index is 970. The third kappa shape index (κ3) is 4.65. The van der Waals surface area contributed by atoms with Gasteiger partial charge in [-0.15, -0.1) is 0 Å². The van der Waals surface area contributed by atoms with Crippen molar-refractivity contribution in [2.75, 3.05) is 19.0 Å². The van der Waals surface area contributed by atoms with Gasteiger partial charge in [-0.05, 0) is 37.1 Å². The highest BCUT2D eigenvalue weighted by atomic mass is 32.2. The van der Waals surface area contributed by atoms with Gasteiger partial charge in [0.2, 0.25) is 15.9 Å². The third-order valence-electron chi connectivity index (χ3n) is 4.50. The summed E-state index contributed by atoms with van der Waals surface area (Å²) in [6.07, 6.45) is 0.890. The number of sulfonamides is 1. The molecule has 2 aromatic rings. The number of ether oxygens (including phenoxy) is 2. The predicted molar refractivity (Wildman–Crippen MR) is 102 cm³/mol. The van der Waals surface area contributed by atoms with Crippen LogP contribution in [0.15, 0.2) is 53.4 Å². The number of nitrogens with one attached hydrogen (secondary N) is 1. The molecular formula is C19H20F2N2O5S. The molecule has 0 bridgehead atoms. The van der Waals surface area contributed by atoms with E-state index in [4.69, 9.17) is 4.74 Å². The standard InChI is InChI=1S/C19H20F2N2O5S/c1-27-16-10-9-13(12-17(16)28-19(20)21)22-18(24)15-8-5-11-23(15)29(25,26)14-6-3-2-4-7-14/h2-4,6-7,9-10,12,15,19H,5,8,11H2,1H3,(H,22,24). The smallest absolute Gasteiger partial charge is 0.387 e. The first-order valence-electron chi connectivity index (χ1n) is 8.83. The molecule has 29 heavy (non-hydrogen) atoms. The Balaban J connectivity index is 1.80. The van der Waals surface area contributed by atoms with Crippen molar-refractivity contribution in [2.45, 2.75) is 30.4 Å². The third-order valence-corrected chi connectivity index (χ3v) is 6.43. The van der Waals surface area contributed by atoms with E-state index in [2.05, 4.69) is 10.1 Å². The normalized spacial score (nSPS) is 17.3. The van der Waals surface area contributed by atoms with Crippen LogP contribution < -0.4 is 14.8 Å². The number of rotatable bonds is 7. The number of halogens is 2. The van der Waals surface area contributed by atoms with Crippen molar-refractivity contribution in [1.29, 1.82) is 0 Å². The molecule has 7 nitrogen and oxygen atoms in total. The largest absolute Gasteiger partial charge is 0.493 e. The van der Waals surface area contributed by atoms with E-state index in [1.54, 1.807) is 18.2 Å². The number of hydrogen-bond donors (Lipinski definition) is 1. The van der Waals surface area contributed by atoms with E-state index in [1.807, 2.05) is 0 Å². The summed E-state index contributed by atoms with van der Waals surface area (Å²) >= 11 is 0. The van der Waals surface area contributed by atoms with Gasteiger partial charge in [-0.25, -0.2) is 8.42 Å². The molecule has 1 saturated heterocycles. The van der Waals surface area contributed by atoms with Crippen molar-refractivity contribution in [1.82, 2.24) is 4.31 Å². The molecular weight excluding hydrogens is 406 g/mol. The van der Waals surface area contributed by atoms with Crippen LogP contribution in [0, 0.1) is 0 Å². The molecule has 156 valence electrons. The Morgan fingerprint density at radius 3 is 2.55 bits per heavy atom. The molecule has 1 heterocycles. The van der Waals surface area contributed by atoms with Crippen molar-refractivity contribution < 1.29 is 31.5 Å². The summed E-state index contributed by atoms with van der Waals surface area (Å²) in [4.78, 5) is 12.9. The quantitative estimate of drug-likeness (QED) is 0.736. The zero-order valence-corrected chi connectivity index (χ0v) is 16.4. The number of carbonyl (C=O) groups excluding carboxylic acids is 1. The van der Waals surface area contributed by atoms with Gasteiger partial charge in [-0.1, -0.05) is 18.2 Å². The van der Waals surface area contributed by atoms with Crippen molar-refractivity contribution in [3.8, 4) is 11.5 Å². The molecule has 0 radical (unpaired) electrons. The molecule has 1 fully saturated rings. The van der Waals surface area contributed by atoms with Crippen LogP contribution in [0.4, 0.5) is 14.5 Å². The van der Waals surface area contributed by atoms with E-state index in [-0.39, 0.29) is 28.6 Å². The lowest BCUT2D eigenvalue weighted by Gasteiger charge is -2.23. The second kappa shape index (κ2) is 8.75. The van der Waals surface area contributed by atoms with Crippen LogP contribution in [-0.2, 0) is 14.8 Å². The monoisotopic (exact) mass is 426 g/mol. The molecule has 0 aromatic heterocycles. The van der Waals surface area contributed by atoms with Gasteiger partial charge in [0.1, 0.15) is 6.04 Å². The van der Waals surface area contributed by atoms with E-state index in [1.165, 1.54) is 37.4 Å². The van der Waals surface area contributed by atoms with Crippen LogP contribution in [0.1, 0.15) is 12.8 Å².